The van der Waals surface area contributed by atoms with Crippen molar-refractivity contribution < 1.29 is 27.4 Å². The Morgan fingerprint density at radius 2 is 1.65 bits per heavy atom. The first-order chi connectivity index (χ1) is 19.2. The second-order valence-corrected chi connectivity index (χ2v) is 11.7. The summed E-state index contributed by atoms with van der Waals surface area (Å²) in [6.07, 6.45) is 0. The van der Waals surface area contributed by atoms with Crippen LogP contribution in [0, 0.1) is 0 Å². The third kappa shape index (κ3) is 6.22. The molecule has 0 unspecified atom stereocenters. The van der Waals surface area contributed by atoms with Gasteiger partial charge in [-0.1, -0.05) is 30.0 Å². The fraction of sp³-hybridized carbons (Fsp3) is 0.222. The van der Waals surface area contributed by atoms with Crippen LogP contribution in [-0.4, -0.2) is 74.6 Å². The van der Waals surface area contributed by atoms with Crippen molar-refractivity contribution >= 4 is 33.4 Å². The van der Waals surface area contributed by atoms with Gasteiger partial charge in [-0.2, -0.15) is 0 Å². The van der Waals surface area contributed by atoms with E-state index in [2.05, 4.69) is 15.5 Å². The first kappa shape index (κ1) is 28.9. The van der Waals surface area contributed by atoms with Crippen molar-refractivity contribution in [2.45, 2.75) is 10.1 Å². The summed E-state index contributed by atoms with van der Waals surface area (Å²) in [5.41, 5.74) is 1.66. The molecule has 0 radical (unpaired) electrons. The van der Waals surface area contributed by atoms with Crippen LogP contribution in [0.2, 0.25) is 0 Å². The minimum atomic E-state index is -3.69. The van der Waals surface area contributed by atoms with E-state index in [0.717, 1.165) is 4.31 Å². The minimum Gasteiger partial charge on any atom is -0.497 e. The van der Waals surface area contributed by atoms with Crippen molar-refractivity contribution in [1.82, 2.24) is 19.1 Å². The zero-order chi connectivity index (χ0) is 28.9. The van der Waals surface area contributed by atoms with Gasteiger partial charge in [-0.3, -0.25) is 9.36 Å². The van der Waals surface area contributed by atoms with Gasteiger partial charge in [-0.05, 0) is 36.4 Å². The minimum absolute atomic E-state index is 0.0245. The predicted octanol–water partition coefficient (Wildman–Crippen LogP) is 3.94. The van der Waals surface area contributed by atoms with Crippen molar-refractivity contribution in [1.29, 1.82) is 0 Å². The van der Waals surface area contributed by atoms with E-state index in [1.165, 1.54) is 45.1 Å². The van der Waals surface area contributed by atoms with Gasteiger partial charge in [0, 0.05) is 37.5 Å². The molecule has 3 aromatic carbocycles. The van der Waals surface area contributed by atoms with Crippen molar-refractivity contribution in [3.8, 4) is 34.3 Å². The molecule has 0 fully saturated rings. The van der Waals surface area contributed by atoms with Gasteiger partial charge in [-0.15, -0.1) is 10.2 Å². The number of methoxy groups -OCH3 is 3. The topological polar surface area (TPSA) is 125 Å². The van der Waals surface area contributed by atoms with Crippen LogP contribution in [0.25, 0.3) is 17.1 Å². The fourth-order valence-corrected chi connectivity index (χ4v) is 5.47. The molecule has 40 heavy (non-hydrogen) atoms. The lowest BCUT2D eigenvalue weighted by molar-refractivity contribution is -0.113. The first-order valence-corrected chi connectivity index (χ1v) is 14.4. The molecular weight excluding hydrogens is 554 g/mol. The Morgan fingerprint density at radius 1 is 0.925 bits per heavy atom. The number of hydrogen-bond acceptors (Lipinski definition) is 9. The second-order valence-electron chi connectivity index (χ2n) is 8.56. The number of rotatable bonds is 11. The molecule has 1 N–H and O–H groups in total. The number of sulfonamides is 1. The molecule has 0 aliphatic heterocycles. The van der Waals surface area contributed by atoms with Gasteiger partial charge < -0.3 is 19.5 Å². The summed E-state index contributed by atoms with van der Waals surface area (Å²) in [4.78, 5) is 12.9. The smallest absolute Gasteiger partial charge is 0.242 e. The molecule has 0 spiro atoms. The van der Waals surface area contributed by atoms with Crippen LogP contribution in [0.4, 0.5) is 5.69 Å². The van der Waals surface area contributed by atoms with E-state index in [9.17, 15) is 13.2 Å². The Labute approximate surface area is 237 Å². The van der Waals surface area contributed by atoms with Gasteiger partial charge in [0.15, 0.2) is 11.0 Å². The van der Waals surface area contributed by atoms with Crippen LogP contribution in [0.1, 0.15) is 0 Å². The molecule has 0 saturated heterocycles. The maximum Gasteiger partial charge on any atom is 0.242 e. The zero-order valence-electron chi connectivity index (χ0n) is 22.6. The average molecular weight is 584 g/mol. The number of nitrogens with one attached hydrogen (secondary N) is 1. The van der Waals surface area contributed by atoms with E-state index in [1.54, 1.807) is 73.4 Å². The molecule has 13 heteroatoms. The molecular formula is C27H29N5O6S2. The molecule has 1 aromatic heterocycles. The van der Waals surface area contributed by atoms with Gasteiger partial charge in [0.1, 0.15) is 17.2 Å². The standard InChI is InChI=1S/C27H29N5O6S2/c1-31(2)40(34,35)22-11-6-8-18(14-22)26-29-30-27(32(26)23-16-21(37-4)12-13-24(23)38-5)39-17-25(33)28-19-9-7-10-20(15-19)36-3/h6-16H,17H2,1-5H3,(H,28,33). The molecule has 1 heterocycles. The molecule has 4 aromatic rings. The van der Waals surface area contributed by atoms with Crippen LogP contribution in [0.15, 0.2) is 76.8 Å². The van der Waals surface area contributed by atoms with E-state index >= 15 is 0 Å². The summed E-state index contributed by atoms with van der Waals surface area (Å²) < 4.78 is 44.8. The highest BCUT2D eigenvalue weighted by molar-refractivity contribution is 7.99. The third-order valence-corrected chi connectivity index (χ3v) is 8.56. The van der Waals surface area contributed by atoms with E-state index in [4.69, 9.17) is 14.2 Å². The van der Waals surface area contributed by atoms with Crippen molar-refractivity contribution in [2.24, 2.45) is 0 Å². The molecule has 1 amide bonds. The number of nitrogens with zero attached hydrogens (tertiary/aromatic N) is 4. The van der Waals surface area contributed by atoms with Crippen LogP contribution in [0.3, 0.4) is 0 Å². The van der Waals surface area contributed by atoms with E-state index < -0.39 is 10.0 Å². The van der Waals surface area contributed by atoms with Gasteiger partial charge in [0.05, 0.1) is 37.7 Å². The number of anilines is 1. The number of aromatic nitrogens is 3. The number of carbonyl (C=O) groups excluding carboxylic acids is 1. The number of carbonyl (C=O) groups is 1. The van der Waals surface area contributed by atoms with Crippen molar-refractivity contribution in [3.05, 3.63) is 66.7 Å². The number of ether oxygens (including phenoxy) is 3. The van der Waals surface area contributed by atoms with Crippen LogP contribution < -0.4 is 19.5 Å². The Hall–Kier alpha value is -4.07. The average Bonchev–Trinajstić information content (AvgIpc) is 3.39. The molecule has 210 valence electrons. The molecule has 0 saturated carbocycles. The number of amides is 1. The Bertz CT molecular complexity index is 1620. The fourth-order valence-electron chi connectivity index (χ4n) is 3.77. The largest absolute Gasteiger partial charge is 0.497 e. The van der Waals surface area contributed by atoms with Gasteiger partial charge >= 0.3 is 0 Å². The van der Waals surface area contributed by atoms with E-state index in [0.29, 0.717) is 45.2 Å². The lowest BCUT2D eigenvalue weighted by atomic mass is 10.2. The van der Waals surface area contributed by atoms with Crippen LogP contribution in [0.5, 0.6) is 17.2 Å². The summed E-state index contributed by atoms with van der Waals surface area (Å²) in [7, 11) is 3.88. The summed E-state index contributed by atoms with van der Waals surface area (Å²) >= 11 is 1.17. The molecule has 4 rings (SSSR count). The summed E-state index contributed by atoms with van der Waals surface area (Å²) in [6, 6.07) is 18.7. The Morgan fingerprint density at radius 3 is 2.35 bits per heavy atom. The monoisotopic (exact) mass is 583 g/mol. The zero-order valence-corrected chi connectivity index (χ0v) is 24.2. The third-order valence-electron chi connectivity index (χ3n) is 5.82. The summed E-state index contributed by atoms with van der Waals surface area (Å²) in [5.74, 6) is 1.81. The van der Waals surface area contributed by atoms with Crippen LogP contribution in [-0.2, 0) is 14.8 Å². The highest BCUT2D eigenvalue weighted by atomic mass is 32.2. The number of hydrogen-bond donors (Lipinski definition) is 1. The summed E-state index contributed by atoms with van der Waals surface area (Å²) in [5, 5.41) is 12.0. The van der Waals surface area contributed by atoms with Gasteiger partial charge in [0.25, 0.3) is 0 Å². The van der Waals surface area contributed by atoms with Crippen molar-refractivity contribution in [3.63, 3.8) is 0 Å². The maximum absolute atomic E-state index is 12.8. The SMILES string of the molecule is COc1cccc(NC(=O)CSc2nnc(-c3cccc(S(=O)(=O)N(C)C)c3)n2-c2cc(OC)ccc2OC)c1. The lowest BCUT2D eigenvalue weighted by Gasteiger charge is -2.16. The molecule has 11 nitrogen and oxygen atoms in total. The Kier molecular flexibility index (Phi) is 8.97. The highest BCUT2D eigenvalue weighted by Gasteiger charge is 2.23. The van der Waals surface area contributed by atoms with Gasteiger partial charge in [0.2, 0.25) is 15.9 Å². The molecule has 0 aliphatic carbocycles. The number of benzene rings is 3. The Balaban J connectivity index is 1.75. The quantitative estimate of drug-likeness (QED) is 0.261. The van der Waals surface area contributed by atoms with Crippen molar-refractivity contribution in [2.75, 3.05) is 46.5 Å². The summed E-state index contributed by atoms with van der Waals surface area (Å²) in [6.45, 7) is 0. The van der Waals surface area contributed by atoms with E-state index in [-0.39, 0.29) is 16.6 Å². The molecule has 0 bridgehead atoms. The van der Waals surface area contributed by atoms with E-state index in [1.807, 2.05) is 0 Å². The lowest BCUT2D eigenvalue weighted by Crippen LogP contribution is -2.22. The normalized spacial score (nSPS) is 11.3. The predicted molar refractivity (Wildman–Crippen MR) is 153 cm³/mol. The second kappa shape index (κ2) is 12.4. The first-order valence-electron chi connectivity index (χ1n) is 12.0. The molecule has 0 atom stereocenters. The molecule has 0 aliphatic rings. The number of thioether (sulfide) groups is 1. The van der Waals surface area contributed by atoms with Crippen LogP contribution >= 0.6 is 11.8 Å². The van der Waals surface area contributed by atoms with Gasteiger partial charge in [-0.25, -0.2) is 12.7 Å². The maximum atomic E-state index is 12.8. The highest BCUT2D eigenvalue weighted by Crippen LogP contribution is 2.35.